The zero-order valence-corrected chi connectivity index (χ0v) is 15.1. The van der Waals surface area contributed by atoms with Crippen LogP contribution < -0.4 is 14.8 Å². The Kier molecular flexibility index (Phi) is 6.76. The van der Waals surface area contributed by atoms with Gasteiger partial charge in [0.2, 0.25) is 11.8 Å². The topological polar surface area (TPSA) is 67.9 Å². The highest BCUT2D eigenvalue weighted by atomic mass is 19.3. The molecule has 1 aliphatic heterocycles. The molecule has 1 aromatic rings. The van der Waals surface area contributed by atoms with Crippen LogP contribution >= 0.6 is 0 Å². The van der Waals surface area contributed by atoms with E-state index in [0.29, 0.717) is 31.6 Å². The lowest BCUT2D eigenvalue weighted by molar-refractivity contribution is -0.137. The zero-order chi connectivity index (χ0) is 19.3. The van der Waals surface area contributed by atoms with Crippen LogP contribution in [0, 0.1) is 11.8 Å². The van der Waals surface area contributed by atoms with Crippen molar-refractivity contribution in [1.29, 1.82) is 0 Å². The maximum Gasteiger partial charge on any atom is 0.387 e. The van der Waals surface area contributed by atoms with E-state index in [4.69, 9.17) is 4.74 Å². The van der Waals surface area contributed by atoms with Gasteiger partial charge >= 0.3 is 6.61 Å². The largest absolute Gasteiger partial charge is 0.493 e. The molecule has 1 saturated heterocycles. The molecule has 0 spiro atoms. The molecular formula is C18H24F2N2O4. The highest BCUT2D eigenvalue weighted by Gasteiger charge is 2.28. The molecule has 0 bridgehead atoms. The van der Waals surface area contributed by atoms with Gasteiger partial charge in [0.05, 0.1) is 7.11 Å². The van der Waals surface area contributed by atoms with Crippen LogP contribution in [-0.2, 0) is 9.59 Å². The van der Waals surface area contributed by atoms with Crippen LogP contribution in [0.15, 0.2) is 18.2 Å². The number of methoxy groups -OCH3 is 1. The molecule has 0 saturated carbocycles. The Morgan fingerprint density at radius 1 is 1.19 bits per heavy atom. The SMILES string of the molecule is COc1ccc(NC(=O)C2CCN(C(=O)C(C)C)CC2)cc1OC(F)F. The van der Waals surface area contributed by atoms with Crippen molar-refractivity contribution in [2.24, 2.45) is 11.8 Å². The third-order valence-electron chi connectivity index (χ3n) is 4.32. The van der Waals surface area contributed by atoms with E-state index in [-0.39, 0.29) is 35.1 Å². The fourth-order valence-corrected chi connectivity index (χ4v) is 2.91. The van der Waals surface area contributed by atoms with Crippen molar-refractivity contribution in [3.63, 3.8) is 0 Å². The number of benzene rings is 1. The van der Waals surface area contributed by atoms with Crippen molar-refractivity contribution < 1.29 is 27.8 Å². The van der Waals surface area contributed by atoms with Crippen molar-refractivity contribution in [3.8, 4) is 11.5 Å². The van der Waals surface area contributed by atoms with Crippen molar-refractivity contribution in [3.05, 3.63) is 18.2 Å². The van der Waals surface area contributed by atoms with Crippen LogP contribution in [0.1, 0.15) is 26.7 Å². The Labute approximate surface area is 151 Å². The number of anilines is 1. The van der Waals surface area contributed by atoms with Crippen molar-refractivity contribution in [1.82, 2.24) is 4.90 Å². The number of alkyl halides is 2. The summed E-state index contributed by atoms with van der Waals surface area (Å²) < 4.78 is 34.3. The standard InChI is InChI=1S/C18H24F2N2O4/c1-11(2)17(24)22-8-6-12(7-9-22)16(23)21-13-4-5-14(25-3)15(10-13)26-18(19)20/h4-5,10-12,18H,6-9H2,1-3H3,(H,21,23). The van der Waals surface area contributed by atoms with E-state index in [1.807, 2.05) is 13.8 Å². The first-order valence-electron chi connectivity index (χ1n) is 8.54. The second kappa shape index (κ2) is 8.82. The molecule has 1 aromatic carbocycles. The van der Waals surface area contributed by atoms with Gasteiger partial charge in [-0.05, 0) is 25.0 Å². The summed E-state index contributed by atoms with van der Waals surface area (Å²) in [7, 11) is 1.35. The first kappa shape index (κ1) is 19.9. The summed E-state index contributed by atoms with van der Waals surface area (Å²) in [6.45, 7) is 1.79. The number of carbonyl (C=O) groups excluding carboxylic acids is 2. The van der Waals surface area contributed by atoms with E-state index in [0.717, 1.165) is 0 Å². The summed E-state index contributed by atoms with van der Waals surface area (Å²) in [4.78, 5) is 26.2. The minimum atomic E-state index is -2.99. The number of piperidine rings is 1. The van der Waals surface area contributed by atoms with Gasteiger partial charge < -0.3 is 19.7 Å². The number of nitrogens with one attached hydrogen (secondary N) is 1. The van der Waals surface area contributed by atoms with Gasteiger partial charge in [-0.2, -0.15) is 8.78 Å². The third kappa shape index (κ3) is 5.06. The minimum Gasteiger partial charge on any atom is -0.493 e. The zero-order valence-electron chi connectivity index (χ0n) is 15.1. The molecule has 6 nitrogen and oxygen atoms in total. The normalized spacial score (nSPS) is 15.3. The number of halogens is 2. The number of likely N-dealkylation sites (tertiary alicyclic amines) is 1. The van der Waals surface area contributed by atoms with E-state index >= 15 is 0 Å². The van der Waals surface area contributed by atoms with Crippen LogP contribution in [0.5, 0.6) is 11.5 Å². The molecule has 2 rings (SSSR count). The molecule has 0 aromatic heterocycles. The Bertz CT molecular complexity index is 644. The number of hydrogen-bond donors (Lipinski definition) is 1. The van der Waals surface area contributed by atoms with E-state index in [9.17, 15) is 18.4 Å². The lowest BCUT2D eigenvalue weighted by Crippen LogP contribution is -2.43. The van der Waals surface area contributed by atoms with Gasteiger partial charge in [0.1, 0.15) is 0 Å². The van der Waals surface area contributed by atoms with Crippen LogP contribution in [0.25, 0.3) is 0 Å². The molecule has 0 aliphatic carbocycles. The average molecular weight is 370 g/mol. The number of hydrogen-bond acceptors (Lipinski definition) is 4. The van der Waals surface area contributed by atoms with E-state index in [2.05, 4.69) is 10.1 Å². The van der Waals surface area contributed by atoms with Crippen molar-refractivity contribution in [2.45, 2.75) is 33.3 Å². The molecular weight excluding hydrogens is 346 g/mol. The van der Waals surface area contributed by atoms with Gasteiger partial charge in [0, 0.05) is 36.7 Å². The van der Waals surface area contributed by atoms with E-state index in [1.54, 1.807) is 11.0 Å². The smallest absolute Gasteiger partial charge is 0.387 e. The molecule has 144 valence electrons. The Hall–Kier alpha value is -2.38. The number of ether oxygens (including phenoxy) is 2. The molecule has 2 amide bonds. The number of amides is 2. The predicted octanol–water partition coefficient (Wildman–Crippen LogP) is 3.13. The summed E-state index contributed by atoms with van der Waals surface area (Å²) in [5, 5.41) is 2.72. The Morgan fingerprint density at radius 3 is 2.38 bits per heavy atom. The van der Waals surface area contributed by atoms with Gasteiger partial charge in [0.25, 0.3) is 0 Å². The van der Waals surface area contributed by atoms with Crippen molar-refractivity contribution in [2.75, 3.05) is 25.5 Å². The summed E-state index contributed by atoms with van der Waals surface area (Å²) in [6.07, 6.45) is 1.14. The van der Waals surface area contributed by atoms with Crippen LogP contribution in [0.3, 0.4) is 0 Å². The minimum absolute atomic E-state index is 0.0621. The summed E-state index contributed by atoms with van der Waals surface area (Å²) >= 11 is 0. The fraction of sp³-hybridized carbons (Fsp3) is 0.556. The lowest BCUT2D eigenvalue weighted by atomic mass is 9.95. The first-order chi connectivity index (χ1) is 12.3. The molecule has 0 atom stereocenters. The van der Waals surface area contributed by atoms with Gasteiger partial charge in [-0.25, -0.2) is 0 Å². The average Bonchev–Trinajstić information content (AvgIpc) is 2.61. The highest BCUT2D eigenvalue weighted by molar-refractivity contribution is 5.93. The molecule has 1 N–H and O–H groups in total. The molecule has 1 fully saturated rings. The molecule has 1 aliphatic rings. The van der Waals surface area contributed by atoms with Gasteiger partial charge in [-0.3, -0.25) is 9.59 Å². The quantitative estimate of drug-likeness (QED) is 0.835. The predicted molar refractivity (Wildman–Crippen MR) is 92.4 cm³/mol. The van der Waals surface area contributed by atoms with E-state index < -0.39 is 6.61 Å². The molecule has 26 heavy (non-hydrogen) atoms. The van der Waals surface area contributed by atoms with Gasteiger partial charge in [0.15, 0.2) is 11.5 Å². The van der Waals surface area contributed by atoms with Crippen molar-refractivity contribution >= 4 is 17.5 Å². The van der Waals surface area contributed by atoms with Crippen LogP contribution in [0.4, 0.5) is 14.5 Å². The summed E-state index contributed by atoms with van der Waals surface area (Å²) in [5.41, 5.74) is 0.354. The maximum absolute atomic E-state index is 12.5. The number of carbonyl (C=O) groups is 2. The second-order valence-corrected chi connectivity index (χ2v) is 6.49. The molecule has 8 heteroatoms. The Balaban J connectivity index is 1.97. The number of nitrogens with zero attached hydrogens (tertiary/aromatic N) is 1. The van der Waals surface area contributed by atoms with Crippen LogP contribution in [0.2, 0.25) is 0 Å². The maximum atomic E-state index is 12.5. The molecule has 1 heterocycles. The Morgan fingerprint density at radius 2 is 1.85 bits per heavy atom. The fourth-order valence-electron chi connectivity index (χ4n) is 2.91. The van der Waals surface area contributed by atoms with Gasteiger partial charge in [-0.15, -0.1) is 0 Å². The van der Waals surface area contributed by atoms with Crippen LogP contribution in [-0.4, -0.2) is 43.5 Å². The first-order valence-corrected chi connectivity index (χ1v) is 8.54. The second-order valence-electron chi connectivity index (χ2n) is 6.49. The summed E-state index contributed by atoms with van der Waals surface area (Å²) in [5.74, 6) is -0.384. The van der Waals surface area contributed by atoms with Gasteiger partial charge in [-0.1, -0.05) is 13.8 Å². The number of rotatable bonds is 6. The lowest BCUT2D eigenvalue weighted by Gasteiger charge is -2.32. The molecule has 0 unspecified atom stereocenters. The molecule has 0 radical (unpaired) electrons. The van der Waals surface area contributed by atoms with E-state index in [1.165, 1.54) is 19.2 Å². The monoisotopic (exact) mass is 370 g/mol. The highest BCUT2D eigenvalue weighted by Crippen LogP contribution is 2.32. The third-order valence-corrected chi connectivity index (χ3v) is 4.32. The summed E-state index contributed by atoms with van der Waals surface area (Å²) in [6, 6.07) is 4.32.